The second kappa shape index (κ2) is 8.88. The number of nitriles is 1. The van der Waals surface area contributed by atoms with Crippen LogP contribution in [-0.2, 0) is 12.6 Å². The van der Waals surface area contributed by atoms with Crippen LogP contribution in [0.15, 0.2) is 48.7 Å². The van der Waals surface area contributed by atoms with E-state index in [2.05, 4.69) is 20.3 Å². The molecule has 0 aliphatic rings. The zero-order valence-electron chi connectivity index (χ0n) is 15.0. The van der Waals surface area contributed by atoms with E-state index >= 15 is 0 Å². The third-order valence-electron chi connectivity index (χ3n) is 4.01. The molecule has 1 aromatic carbocycles. The fraction of sp³-hybridized carbons (Fsp3) is 0.200. The van der Waals surface area contributed by atoms with Gasteiger partial charge in [-0.25, -0.2) is 15.0 Å². The maximum absolute atomic E-state index is 13.0. The highest BCUT2D eigenvalue weighted by atomic mass is 35.5. The Hall–Kier alpha value is -3.18. The molecule has 148 valence electrons. The lowest BCUT2D eigenvalue weighted by molar-refractivity contribution is -0.137. The predicted molar refractivity (Wildman–Crippen MR) is 103 cm³/mol. The molecule has 2 heterocycles. The number of hydrogen-bond acceptors (Lipinski definition) is 5. The highest BCUT2D eigenvalue weighted by molar-refractivity contribution is 6.30. The average Bonchev–Trinajstić information content (AvgIpc) is 2.72. The molecule has 3 rings (SSSR count). The van der Waals surface area contributed by atoms with Gasteiger partial charge in [0.25, 0.3) is 0 Å². The van der Waals surface area contributed by atoms with E-state index in [1.54, 1.807) is 18.2 Å². The van der Waals surface area contributed by atoms with Crippen LogP contribution >= 0.6 is 11.6 Å². The molecule has 5 nitrogen and oxygen atoms in total. The first-order valence-electron chi connectivity index (χ1n) is 8.66. The summed E-state index contributed by atoms with van der Waals surface area (Å²) in [5, 5.41) is 12.9. The Morgan fingerprint density at radius 1 is 1.10 bits per heavy atom. The van der Waals surface area contributed by atoms with Crippen molar-refractivity contribution >= 4 is 17.4 Å². The minimum absolute atomic E-state index is 0.0813. The van der Waals surface area contributed by atoms with E-state index in [-0.39, 0.29) is 17.1 Å². The molecule has 0 fully saturated rings. The smallest absolute Gasteiger partial charge is 0.370 e. The second-order valence-electron chi connectivity index (χ2n) is 6.15. The third kappa shape index (κ3) is 5.65. The minimum atomic E-state index is -4.45. The van der Waals surface area contributed by atoms with Gasteiger partial charge in [0.05, 0.1) is 16.3 Å². The Morgan fingerprint density at radius 2 is 1.93 bits per heavy atom. The Morgan fingerprint density at radius 3 is 2.62 bits per heavy atom. The predicted octanol–water partition coefficient (Wildman–Crippen LogP) is 5.13. The Bertz CT molecular complexity index is 1030. The van der Waals surface area contributed by atoms with Crippen molar-refractivity contribution in [3.63, 3.8) is 0 Å². The van der Waals surface area contributed by atoms with Gasteiger partial charge in [-0.05, 0) is 43.2 Å². The van der Waals surface area contributed by atoms with Crippen LogP contribution in [-0.4, -0.2) is 21.5 Å². The molecule has 1 N–H and O–H groups in total. The number of pyridine rings is 1. The molecule has 0 atom stereocenters. The molecule has 0 unspecified atom stereocenters. The number of benzene rings is 1. The van der Waals surface area contributed by atoms with Gasteiger partial charge in [-0.15, -0.1) is 0 Å². The van der Waals surface area contributed by atoms with E-state index in [0.717, 1.165) is 12.1 Å². The molecule has 0 spiro atoms. The third-order valence-corrected chi connectivity index (χ3v) is 4.23. The summed E-state index contributed by atoms with van der Waals surface area (Å²) < 4.78 is 38.9. The van der Waals surface area contributed by atoms with Crippen molar-refractivity contribution in [2.24, 2.45) is 0 Å². The summed E-state index contributed by atoms with van der Waals surface area (Å²) in [5.41, 5.74) is 0.372. The van der Waals surface area contributed by atoms with Crippen LogP contribution in [0.5, 0.6) is 0 Å². The Kier molecular flexibility index (Phi) is 6.29. The van der Waals surface area contributed by atoms with Gasteiger partial charge < -0.3 is 5.32 Å². The molecule has 0 saturated carbocycles. The van der Waals surface area contributed by atoms with Gasteiger partial charge in [-0.3, -0.25) is 0 Å². The van der Waals surface area contributed by atoms with Crippen molar-refractivity contribution in [3.8, 4) is 17.3 Å². The van der Waals surface area contributed by atoms with Gasteiger partial charge in [0.2, 0.25) is 5.82 Å². The largest absolute Gasteiger partial charge is 0.416 e. The molecule has 0 saturated heterocycles. The van der Waals surface area contributed by atoms with E-state index in [4.69, 9.17) is 11.6 Å². The highest BCUT2D eigenvalue weighted by Gasteiger charge is 2.30. The normalized spacial score (nSPS) is 11.1. The lowest BCUT2D eigenvalue weighted by atomic mass is 10.1. The van der Waals surface area contributed by atoms with Gasteiger partial charge in [-0.1, -0.05) is 23.7 Å². The number of nitrogens with zero attached hydrogens (tertiary/aromatic N) is 4. The molecule has 3 aromatic rings. The fourth-order valence-electron chi connectivity index (χ4n) is 2.64. The lowest BCUT2D eigenvalue weighted by Gasteiger charge is -2.10. The summed E-state index contributed by atoms with van der Waals surface area (Å²) in [6, 6.07) is 11.8. The topological polar surface area (TPSA) is 74.5 Å². The van der Waals surface area contributed by atoms with E-state index in [1.807, 2.05) is 6.07 Å². The average molecular weight is 418 g/mol. The van der Waals surface area contributed by atoms with Gasteiger partial charge >= 0.3 is 6.18 Å². The lowest BCUT2D eigenvalue weighted by Crippen LogP contribution is -2.07. The van der Waals surface area contributed by atoms with Gasteiger partial charge in [-0.2, -0.15) is 18.4 Å². The van der Waals surface area contributed by atoms with Crippen LogP contribution in [0.3, 0.4) is 0 Å². The number of nitrogens with one attached hydrogen (secondary N) is 1. The van der Waals surface area contributed by atoms with E-state index in [9.17, 15) is 18.4 Å². The quantitative estimate of drug-likeness (QED) is 0.563. The fourth-order valence-corrected chi connectivity index (χ4v) is 2.76. The molecule has 0 amide bonds. The number of aryl methyl sites for hydroxylation is 1. The van der Waals surface area contributed by atoms with Crippen molar-refractivity contribution in [1.29, 1.82) is 5.26 Å². The number of aromatic nitrogens is 3. The zero-order valence-corrected chi connectivity index (χ0v) is 15.8. The van der Waals surface area contributed by atoms with E-state index in [0.29, 0.717) is 35.9 Å². The highest BCUT2D eigenvalue weighted by Crippen LogP contribution is 2.31. The van der Waals surface area contributed by atoms with E-state index < -0.39 is 11.7 Å². The molecular formula is C20H15ClF3N5. The maximum Gasteiger partial charge on any atom is 0.416 e. The molecule has 0 radical (unpaired) electrons. The number of alkyl halides is 3. The first kappa shape index (κ1) is 20.6. The summed E-state index contributed by atoms with van der Waals surface area (Å²) in [5.74, 6) is 0.599. The summed E-state index contributed by atoms with van der Waals surface area (Å²) in [7, 11) is 0. The van der Waals surface area contributed by atoms with Crippen molar-refractivity contribution in [1.82, 2.24) is 15.0 Å². The summed E-state index contributed by atoms with van der Waals surface area (Å²) >= 11 is 5.79. The van der Waals surface area contributed by atoms with Gasteiger partial charge in [0.15, 0.2) is 0 Å². The van der Waals surface area contributed by atoms with Crippen LogP contribution in [0, 0.1) is 11.3 Å². The van der Waals surface area contributed by atoms with Crippen LogP contribution in [0.2, 0.25) is 5.02 Å². The summed E-state index contributed by atoms with van der Waals surface area (Å²) in [6.45, 7) is 0.597. The summed E-state index contributed by atoms with van der Waals surface area (Å²) in [6.07, 6.45) is -1.72. The number of rotatable bonds is 6. The Labute approximate surface area is 170 Å². The van der Waals surface area contributed by atoms with E-state index in [1.165, 1.54) is 18.3 Å². The Balaban J connectivity index is 1.72. The van der Waals surface area contributed by atoms with Crippen LogP contribution in [0.25, 0.3) is 11.3 Å². The molecule has 0 aliphatic heterocycles. The zero-order chi connectivity index (χ0) is 20.9. The number of anilines is 1. The maximum atomic E-state index is 13.0. The molecule has 9 heteroatoms. The SMILES string of the molecule is N#Cc1nc(CCCNc2ccc(Cl)cn2)cc(-c2cccc(C(F)(F)F)c2)n1. The standard InChI is InChI=1S/C20H15ClF3N5/c21-15-6-7-18(27-12-15)26-8-2-5-16-10-17(29-19(11-25)28-16)13-3-1-4-14(9-13)20(22,23)24/h1,3-4,6-7,9-10,12H,2,5,8H2,(H,26,27). The molecule has 0 aliphatic carbocycles. The van der Waals surface area contributed by atoms with Gasteiger partial charge in [0, 0.05) is 24.0 Å². The van der Waals surface area contributed by atoms with Crippen molar-refractivity contribution in [2.45, 2.75) is 19.0 Å². The molecular weight excluding hydrogens is 403 g/mol. The van der Waals surface area contributed by atoms with Crippen LogP contribution in [0.1, 0.15) is 23.5 Å². The van der Waals surface area contributed by atoms with Crippen molar-refractivity contribution < 1.29 is 13.2 Å². The monoisotopic (exact) mass is 417 g/mol. The number of hydrogen-bond donors (Lipinski definition) is 1. The van der Waals surface area contributed by atoms with Crippen molar-refractivity contribution in [2.75, 3.05) is 11.9 Å². The number of halogens is 4. The summed E-state index contributed by atoms with van der Waals surface area (Å²) in [4.78, 5) is 12.3. The molecule has 2 aromatic heterocycles. The van der Waals surface area contributed by atoms with Crippen LogP contribution in [0.4, 0.5) is 19.0 Å². The first-order chi connectivity index (χ1) is 13.8. The minimum Gasteiger partial charge on any atom is -0.370 e. The van der Waals surface area contributed by atoms with Crippen LogP contribution < -0.4 is 5.32 Å². The van der Waals surface area contributed by atoms with Gasteiger partial charge in [0.1, 0.15) is 11.9 Å². The molecule has 0 bridgehead atoms. The first-order valence-corrected chi connectivity index (χ1v) is 9.04. The van der Waals surface area contributed by atoms with Crippen molar-refractivity contribution in [3.05, 3.63) is 70.8 Å². The second-order valence-corrected chi connectivity index (χ2v) is 6.59. The molecule has 29 heavy (non-hydrogen) atoms.